The number of carbonyl (C=O) groups excluding carboxylic acids is 1. The number of amides is 1. The fraction of sp³-hybridized carbons (Fsp3) is 0.588. The van der Waals surface area contributed by atoms with Gasteiger partial charge in [0.25, 0.3) is 12.3 Å². The van der Waals surface area contributed by atoms with E-state index in [2.05, 4.69) is 4.90 Å². The van der Waals surface area contributed by atoms with Crippen LogP contribution in [0.25, 0.3) is 0 Å². The Morgan fingerprint density at radius 2 is 1.71 bits per heavy atom. The Bertz CT molecular complexity index is 557. The number of para-hydroxylation sites is 1. The molecule has 5 nitrogen and oxygen atoms in total. The Morgan fingerprint density at radius 3 is 2.38 bits per heavy atom. The lowest BCUT2D eigenvalue weighted by atomic mass is 10.1. The maximum absolute atomic E-state index is 12.9. The molecule has 132 valence electrons. The lowest BCUT2D eigenvalue weighted by Crippen LogP contribution is -2.50. The molecular weight excluding hydrogens is 316 g/mol. The zero-order valence-corrected chi connectivity index (χ0v) is 13.7. The molecule has 0 unspecified atom stereocenters. The number of benzene rings is 1. The van der Waals surface area contributed by atoms with Crippen molar-refractivity contribution in [3.63, 3.8) is 0 Å². The van der Waals surface area contributed by atoms with Crippen LogP contribution in [-0.4, -0.2) is 81.2 Å². The van der Waals surface area contributed by atoms with E-state index >= 15 is 0 Å². The van der Waals surface area contributed by atoms with Crippen molar-refractivity contribution < 1.29 is 18.3 Å². The second kappa shape index (κ2) is 7.90. The van der Waals surface area contributed by atoms with E-state index in [1.807, 2.05) is 24.3 Å². The van der Waals surface area contributed by atoms with E-state index in [1.54, 1.807) is 9.80 Å². The molecule has 7 heteroatoms. The monoisotopic (exact) mass is 339 g/mol. The molecule has 0 radical (unpaired) electrons. The third-order valence-corrected chi connectivity index (χ3v) is 4.54. The van der Waals surface area contributed by atoms with Gasteiger partial charge in [-0.05, 0) is 12.1 Å². The smallest absolute Gasteiger partial charge is 0.256 e. The highest BCUT2D eigenvalue weighted by molar-refractivity contribution is 6.00. The van der Waals surface area contributed by atoms with E-state index < -0.39 is 6.43 Å². The first-order chi connectivity index (χ1) is 11.6. The molecule has 24 heavy (non-hydrogen) atoms. The number of ether oxygens (including phenoxy) is 1. The molecule has 1 amide bonds. The summed E-state index contributed by atoms with van der Waals surface area (Å²) in [6.07, 6.45) is -2.32. The predicted octanol–water partition coefficient (Wildman–Crippen LogP) is 1.55. The quantitative estimate of drug-likeness (QED) is 0.834. The van der Waals surface area contributed by atoms with Crippen LogP contribution in [0.2, 0.25) is 0 Å². The lowest BCUT2D eigenvalue weighted by Gasteiger charge is -2.36. The number of carbonyl (C=O) groups is 1. The van der Waals surface area contributed by atoms with E-state index in [-0.39, 0.29) is 12.5 Å². The van der Waals surface area contributed by atoms with E-state index in [1.165, 1.54) is 0 Å². The summed E-state index contributed by atoms with van der Waals surface area (Å²) in [4.78, 5) is 18.5. The van der Waals surface area contributed by atoms with Crippen LogP contribution >= 0.6 is 0 Å². The van der Waals surface area contributed by atoms with Crippen molar-refractivity contribution in [3.05, 3.63) is 29.8 Å². The van der Waals surface area contributed by atoms with Gasteiger partial charge in [0.05, 0.1) is 25.3 Å². The van der Waals surface area contributed by atoms with Gasteiger partial charge < -0.3 is 14.5 Å². The highest BCUT2D eigenvalue weighted by atomic mass is 19.3. The third-order valence-electron chi connectivity index (χ3n) is 4.54. The summed E-state index contributed by atoms with van der Waals surface area (Å²) < 4.78 is 30.3. The number of alkyl halides is 2. The molecule has 2 saturated heterocycles. The highest BCUT2D eigenvalue weighted by Crippen LogP contribution is 2.23. The average Bonchev–Trinajstić information content (AvgIpc) is 2.62. The maximum atomic E-state index is 12.9. The number of morpholine rings is 1. The van der Waals surface area contributed by atoms with Gasteiger partial charge in [0.2, 0.25) is 0 Å². The van der Waals surface area contributed by atoms with Gasteiger partial charge in [0.15, 0.2) is 0 Å². The second-order valence-electron chi connectivity index (χ2n) is 6.10. The van der Waals surface area contributed by atoms with Gasteiger partial charge in [0.1, 0.15) is 0 Å². The summed E-state index contributed by atoms with van der Waals surface area (Å²) in [5.74, 6) is -0.0196. The van der Waals surface area contributed by atoms with Gasteiger partial charge >= 0.3 is 0 Å². The van der Waals surface area contributed by atoms with E-state index in [9.17, 15) is 13.6 Å². The summed E-state index contributed by atoms with van der Waals surface area (Å²) in [7, 11) is 0. The topological polar surface area (TPSA) is 36.0 Å². The van der Waals surface area contributed by atoms with E-state index in [0.717, 1.165) is 18.8 Å². The van der Waals surface area contributed by atoms with Crippen molar-refractivity contribution in [2.24, 2.45) is 0 Å². The first-order valence-corrected chi connectivity index (χ1v) is 8.36. The number of hydrogen-bond acceptors (Lipinski definition) is 4. The fourth-order valence-electron chi connectivity index (χ4n) is 3.23. The largest absolute Gasteiger partial charge is 0.378 e. The molecule has 2 aliphatic rings. The molecule has 0 atom stereocenters. The minimum atomic E-state index is -2.32. The number of nitrogens with zero attached hydrogens (tertiary/aromatic N) is 3. The minimum Gasteiger partial charge on any atom is -0.378 e. The van der Waals surface area contributed by atoms with Gasteiger partial charge in [0, 0.05) is 45.0 Å². The zero-order valence-electron chi connectivity index (χ0n) is 13.7. The van der Waals surface area contributed by atoms with E-state index in [4.69, 9.17) is 4.74 Å². The summed E-state index contributed by atoms with van der Waals surface area (Å²) in [5.41, 5.74) is 1.61. The third kappa shape index (κ3) is 4.02. The summed E-state index contributed by atoms with van der Waals surface area (Å²) in [6, 6.07) is 7.61. The molecule has 0 aliphatic carbocycles. The van der Waals surface area contributed by atoms with Crippen LogP contribution in [-0.2, 0) is 4.74 Å². The van der Waals surface area contributed by atoms with Crippen LogP contribution in [0.1, 0.15) is 10.4 Å². The standard InChI is InChI=1S/C17H23F2N3O2/c18-16(19)13-20-5-7-22(8-6-20)17(23)14-3-1-2-4-15(14)21-9-11-24-12-10-21/h1-4,16H,5-13H2. The Morgan fingerprint density at radius 1 is 1.04 bits per heavy atom. The number of anilines is 1. The van der Waals surface area contributed by atoms with Crippen LogP contribution < -0.4 is 4.90 Å². The van der Waals surface area contributed by atoms with Gasteiger partial charge in [-0.15, -0.1) is 0 Å². The number of piperazine rings is 1. The SMILES string of the molecule is O=C(c1ccccc1N1CCOCC1)N1CCN(CC(F)F)CC1. The van der Waals surface area contributed by atoms with Crippen LogP contribution in [0.3, 0.4) is 0 Å². The summed E-state index contributed by atoms with van der Waals surface area (Å²) >= 11 is 0. The molecule has 1 aromatic rings. The molecule has 1 aromatic carbocycles. The van der Waals surface area contributed by atoms with Crippen LogP contribution in [0.5, 0.6) is 0 Å². The zero-order chi connectivity index (χ0) is 16.9. The minimum absolute atomic E-state index is 0.0196. The molecule has 3 rings (SSSR count). The summed E-state index contributed by atoms with van der Waals surface area (Å²) in [5, 5.41) is 0. The molecular formula is C17H23F2N3O2. The van der Waals surface area contributed by atoms with Gasteiger partial charge in [-0.3, -0.25) is 9.69 Å². The second-order valence-corrected chi connectivity index (χ2v) is 6.10. The molecule has 2 heterocycles. The highest BCUT2D eigenvalue weighted by Gasteiger charge is 2.26. The molecule has 0 bridgehead atoms. The number of rotatable bonds is 4. The fourth-order valence-corrected chi connectivity index (χ4v) is 3.23. The average molecular weight is 339 g/mol. The van der Waals surface area contributed by atoms with Gasteiger partial charge in [-0.25, -0.2) is 8.78 Å². The lowest BCUT2D eigenvalue weighted by molar-refractivity contribution is 0.0459. The number of halogens is 2. The first kappa shape index (κ1) is 17.1. The molecule has 0 N–H and O–H groups in total. The molecule has 0 saturated carbocycles. The van der Waals surface area contributed by atoms with Crippen molar-refractivity contribution in [2.75, 3.05) is 63.9 Å². The Hall–Kier alpha value is -1.73. The van der Waals surface area contributed by atoms with Crippen molar-refractivity contribution in [1.29, 1.82) is 0 Å². The van der Waals surface area contributed by atoms with Gasteiger partial charge in [-0.1, -0.05) is 12.1 Å². The van der Waals surface area contributed by atoms with Crippen molar-refractivity contribution in [1.82, 2.24) is 9.80 Å². The van der Waals surface area contributed by atoms with Crippen molar-refractivity contribution >= 4 is 11.6 Å². The van der Waals surface area contributed by atoms with Gasteiger partial charge in [-0.2, -0.15) is 0 Å². The van der Waals surface area contributed by atoms with Crippen LogP contribution in [0.15, 0.2) is 24.3 Å². The maximum Gasteiger partial charge on any atom is 0.256 e. The Balaban J connectivity index is 1.67. The first-order valence-electron chi connectivity index (χ1n) is 8.36. The molecule has 0 aromatic heterocycles. The Labute approximate surface area is 140 Å². The van der Waals surface area contributed by atoms with E-state index in [0.29, 0.717) is 45.0 Å². The summed E-state index contributed by atoms with van der Waals surface area (Å²) in [6.45, 7) is 4.62. The Kier molecular flexibility index (Phi) is 5.63. The van der Waals surface area contributed by atoms with Crippen LogP contribution in [0.4, 0.5) is 14.5 Å². The predicted molar refractivity (Wildman–Crippen MR) is 87.8 cm³/mol. The van der Waals surface area contributed by atoms with Crippen molar-refractivity contribution in [2.45, 2.75) is 6.43 Å². The molecule has 2 fully saturated rings. The van der Waals surface area contributed by atoms with Crippen LogP contribution in [0, 0.1) is 0 Å². The molecule has 2 aliphatic heterocycles. The molecule has 0 spiro atoms. The van der Waals surface area contributed by atoms with Crippen molar-refractivity contribution in [3.8, 4) is 0 Å². The number of hydrogen-bond donors (Lipinski definition) is 0. The normalized spacial score (nSPS) is 19.8.